The van der Waals surface area contributed by atoms with Crippen LogP contribution in [0.5, 0.6) is 0 Å². The number of aromatic nitrogens is 1. The predicted molar refractivity (Wildman–Crippen MR) is 67.6 cm³/mol. The quantitative estimate of drug-likeness (QED) is 0.837. The highest BCUT2D eigenvalue weighted by molar-refractivity contribution is 6.03. The van der Waals surface area contributed by atoms with Crippen molar-refractivity contribution in [1.82, 2.24) is 10.3 Å². The van der Waals surface area contributed by atoms with Gasteiger partial charge in [0.25, 0.3) is 5.91 Å². The van der Waals surface area contributed by atoms with Gasteiger partial charge in [-0.05, 0) is 25.0 Å². The van der Waals surface area contributed by atoms with Crippen molar-refractivity contribution in [2.45, 2.75) is 33.2 Å². The van der Waals surface area contributed by atoms with E-state index in [-0.39, 0.29) is 17.3 Å². The Kier molecular flexibility index (Phi) is 4.83. The molecule has 98 valence electrons. The number of rotatable bonds is 5. The van der Waals surface area contributed by atoms with E-state index in [0.29, 0.717) is 5.92 Å². The highest BCUT2D eigenvalue weighted by atomic mass is 16.4. The summed E-state index contributed by atoms with van der Waals surface area (Å²) in [5, 5.41) is 11.8. The van der Waals surface area contributed by atoms with Crippen LogP contribution in [0.1, 0.15) is 48.0 Å². The van der Waals surface area contributed by atoms with Crippen LogP contribution in [-0.2, 0) is 0 Å². The first-order valence-corrected chi connectivity index (χ1v) is 5.96. The second-order valence-electron chi connectivity index (χ2n) is 4.35. The Morgan fingerprint density at radius 3 is 2.67 bits per heavy atom. The SMILES string of the molecule is CCC(C)C(C)NC(=O)c1ncccc1C(=O)O. The maximum Gasteiger partial charge on any atom is 0.338 e. The first-order valence-electron chi connectivity index (χ1n) is 5.96. The van der Waals surface area contributed by atoms with Crippen LogP contribution in [0.25, 0.3) is 0 Å². The van der Waals surface area contributed by atoms with Crippen molar-refractivity contribution >= 4 is 11.9 Å². The van der Waals surface area contributed by atoms with Gasteiger partial charge in [0.05, 0.1) is 5.56 Å². The van der Waals surface area contributed by atoms with E-state index >= 15 is 0 Å². The normalized spacial score (nSPS) is 13.7. The van der Waals surface area contributed by atoms with Gasteiger partial charge in [0.2, 0.25) is 0 Å². The van der Waals surface area contributed by atoms with Crippen LogP contribution in [0.4, 0.5) is 0 Å². The molecule has 1 rings (SSSR count). The molecule has 0 spiro atoms. The second-order valence-corrected chi connectivity index (χ2v) is 4.35. The molecule has 1 heterocycles. The highest BCUT2D eigenvalue weighted by Crippen LogP contribution is 2.09. The zero-order chi connectivity index (χ0) is 13.7. The molecule has 2 N–H and O–H groups in total. The number of carboxylic acids is 1. The molecule has 1 amide bonds. The van der Waals surface area contributed by atoms with Crippen LogP contribution in [0.2, 0.25) is 0 Å². The van der Waals surface area contributed by atoms with Gasteiger partial charge in [0.15, 0.2) is 0 Å². The Balaban J connectivity index is 2.88. The van der Waals surface area contributed by atoms with Crippen LogP contribution < -0.4 is 5.32 Å². The van der Waals surface area contributed by atoms with Crippen molar-refractivity contribution in [3.63, 3.8) is 0 Å². The lowest BCUT2D eigenvalue weighted by atomic mass is 10.0. The van der Waals surface area contributed by atoms with Gasteiger partial charge in [0.1, 0.15) is 5.69 Å². The summed E-state index contributed by atoms with van der Waals surface area (Å²) in [7, 11) is 0. The first-order chi connectivity index (χ1) is 8.47. The molecule has 0 fully saturated rings. The fraction of sp³-hybridized carbons (Fsp3) is 0.462. The maximum absolute atomic E-state index is 12.0. The van der Waals surface area contributed by atoms with Crippen molar-refractivity contribution < 1.29 is 14.7 Å². The number of nitrogens with one attached hydrogen (secondary N) is 1. The zero-order valence-corrected chi connectivity index (χ0v) is 10.8. The van der Waals surface area contributed by atoms with Gasteiger partial charge < -0.3 is 10.4 Å². The third kappa shape index (κ3) is 3.29. The van der Waals surface area contributed by atoms with Crippen molar-refractivity contribution in [1.29, 1.82) is 0 Å². The minimum atomic E-state index is -1.15. The molecule has 1 aromatic heterocycles. The molecule has 1 aromatic rings. The lowest BCUT2D eigenvalue weighted by Crippen LogP contribution is -2.38. The van der Waals surface area contributed by atoms with E-state index in [2.05, 4.69) is 10.3 Å². The molecule has 0 saturated carbocycles. The number of pyridine rings is 1. The van der Waals surface area contributed by atoms with Gasteiger partial charge in [-0.1, -0.05) is 20.3 Å². The molecule has 0 radical (unpaired) electrons. The molecule has 5 nitrogen and oxygen atoms in total. The average Bonchev–Trinajstić information content (AvgIpc) is 2.37. The number of nitrogens with zero attached hydrogens (tertiary/aromatic N) is 1. The third-order valence-corrected chi connectivity index (χ3v) is 3.11. The van der Waals surface area contributed by atoms with E-state index in [1.54, 1.807) is 0 Å². The zero-order valence-electron chi connectivity index (χ0n) is 10.8. The number of hydrogen-bond donors (Lipinski definition) is 2. The van der Waals surface area contributed by atoms with E-state index in [4.69, 9.17) is 5.11 Å². The summed E-state index contributed by atoms with van der Waals surface area (Å²) in [5.74, 6) is -1.27. The van der Waals surface area contributed by atoms with Crippen molar-refractivity contribution in [2.24, 2.45) is 5.92 Å². The summed E-state index contributed by atoms with van der Waals surface area (Å²) < 4.78 is 0. The summed E-state index contributed by atoms with van der Waals surface area (Å²) in [6.45, 7) is 5.97. The molecule has 0 aliphatic heterocycles. The summed E-state index contributed by atoms with van der Waals surface area (Å²) in [4.78, 5) is 26.8. The van der Waals surface area contributed by atoms with Crippen LogP contribution in [0.15, 0.2) is 18.3 Å². The Labute approximate surface area is 106 Å². The second kappa shape index (κ2) is 6.14. The molecule has 0 aromatic carbocycles. The number of carbonyl (C=O) groups excluding carboxylic acids is 1. The number of carboxylic acid groups (broad SMARTS) is 1. The van der Waals surface area contributed by atoms with Crippen LogP contribution in [0.3, 0.4) is 0 Å². The molecule has 0 saturated heterocycles. The monoisotopic (exact) mass is 250 g/mol. The van der Waals surface area contributed by atoms with Gasteiger partial charge in [-0.2, -0.15) is 0 Å². The molecule has 2 unspecified atom stereocenters. The van der Waals surface area contributed by atoms with Gasteiger partial charge in [-0.3, -0.25) is 9.78 Å². The van der Waals surface area contributed by atoms with E-state index < -0.39 is 11.9 Å². The van der Waals surface area contributed by atoms with Crippen molar-refractivity contribution in [3.05, 3.63) is 29.6 Å². The van der Waals surface area contributed by atoms with Gasteiger partial charge in [-0.25, -0.2) is 4.79 Å². The largest absolute Gasteiger partial charge is 0.478 e. The molecule has 0 bridgehead atoms. The topological polar surface area (TPSA) is 79.3 Å². The summed E-state index contributed by atoms with van der Waals surface area (Å²) in [6.07, 6.45) is 2.35. The Morgan fingerprint density at radius 1 is 1.44 bits per heavy atom. The lowest BCUT2D eigenvalue weighted by Gasteiger charge is -2.19. The number of hydrogen-bond acceptors (Lipinski definition) is 3. The minimum absolute atomic E-state index is 0.0221. The molecule has 0 aliphatic rings. The summed E-state index contributed by atoms with van der Waals surface area (Å²) in [5.41, 5.74) is -0.119. The summed E-state index contributed by atoms with van der Waals surface area (Å²) in [6, 6.07) is 2.85. The van der Waals surface area contributed by atoms with Crippen LogP contribution >= 0.6 is 0 Å². The smallest absolute Gasteiger partial charge is 0.338 e. The van der Waals surface area contributed by atoms with Gasteiger partial charge in [-0.15, -0.1) is 0 Å². The van der Waals surface area contributed by atoms with Crippen molar-refractivity contribution in [2.75, 3.05) is 0 Å². The number of carbonyl (C=O) groups is 2. The van der Waals surface area contributed by atoms with Gasteiger partial charge >= 0.3 is 5.97 Å². The lowest BCUT2D eigenvalue weighted by molar-refractivity contribution is 0.0689. The third-order valence-electron chi connectivity index (χ3n) is 3.11. The van der Waals surface area contributed by atoms with Gasteiger partial charge in [0, 0.05) is 12.2 Å². The standard InChI is InChI=1S/C13H18N2O3/c1-4-8(2)9(3)15-12(16)11-10(13(17)18)6-5-7-14-11/h5-9H,4H2,1-3H3,(H,15,16)(H,17,18). The Bertz CT molecular complexity index is 446. The Hall–Kier alpha value is -1.91. The Morgan fingerprint density at radius 2 is 2.11 bits per heavy atom. The molecule has 2 atom stereocenters. The van der Waals surface area contributed by atoms with E-state index in [0.717, 1.165) is 6.42 Å². The van der Waals surface area contributed by atoms with E-state index in [1.807, 2.05) is 20.8 Å². The number of amides is 1. The summed E-state index contributed by atoms with van der Waals surface area (Å²) >= 11 is 0. The average molecular weight is 250 g/mol. The van der Waals surface area contributed by atoms with Crippen molar-refractivity contribution in [3.8, 4) is 0 Å². The van der Waals surface area contributed by atoms with E-state index in [1.165, 1.54) is 18.3 Å². The highest BCUT2D eigenvalue weighted by Gasteiger charge is 2.20. The molecular formula is C13H18N2O3. The minimum Gasteiger partial charge on any atom is -0.478 e. The maximum atomic E-state index is 12.0. The molecule has 18 heavy (non-hydrogen) atoms. The van der Waals surface area contributed by atoms with Crippen LogP contribution in [0, 0.1) is 5.92 Å². The van der Waals surface area contributed by atoms with Crippen LogP contribution in [-0.4, -0.2) is 28.0 Å². The predicted octanol–water partition coefficient (Wildman–Crippen LogP) is 1.94. The van der Waals surface area contributed by atoms with E-state index in [9.17, 15) is 9.59 Å². The number of aromatic carboxylic acids is 1. The molecule has 5 heteroatoms. The first kappa shape index (κ1) is 14.2. The molecular weight excluding hydrogens is 232 g/mol. The fourth-order valence-corrected chi connectivity index (χ4v) is 1.53. The fourth-order valence-electron chi connectivity index (χ4n) is 1.53. The molecule has 0 aliphatic carbocycles.